The molecule has 2 aromatic rings. The summed E-state index contributed by atoms with van der Waals surface area (Å²) < 4.78 is 5.27. The van der Waals surface area contributed by atoms with Crippen LogP contribution in [0.2, 0.25) is 0 Å². The second-order valence-electron chi connectivity index (χ2n) is 5.85. The Morgan fingerprint density at radius 2 is 1.87 bits per heavy atom. The molecule has 1 amide bonds. The maximum Gasteiger partial charge on any atom is 0.259 e. The van der Waals surface area contributed by atoms with Crippen molar-refractivity contribution < 1.29 is 9.53 Å². The molecule has 120 valence electrons. The highest BCUT2D eigenvalue weighted by Crippen LogP contribution is 2.27. The third-order valence-electron chi connectivity index (χ3n) is 4.29. The molecule has 1 fully saturated rings. The van der Waals surface area contributed by atoms with Crippen LogP contribution in [0.4, 0.5) is 11.4 Å². The number of aryl methyl sites for hydroxylation is 1. The standard InChI is InChI=1S/C19H22N2O2/c1-14-9-10-15(21-11-5-6-12-21)13-17(14)20-19(22)16-7-3-4-8-18(16)23-2/h3-4,7-10,13H,5-6,11-12H2,1-2H3,(H,20,22). The Bertz CT molecular complexity index is 706. The highest BCUT2D eigenvalue weighted by Gasteiger charge is 2.16. The fourth-order valence-electron chi connectivity index (χ4n) is 2.94. The zero-order valence-electron chi connectivity index (χ0n) is 13.6. The predicted molar refractivity (Wildman–Crippen MR) is 93.6 cm³/mol. The minimum absolute atomic E-state index is 0.149. The minimum Gasteiger partial charge on any atom is -0.496 e. The second kappa shape index (κ2) is 6.73. The van der Waals surface area contributed by atoms with Crippen LogP contribution in [0.25, 0.3) is 0 Å². The van der Waals surface area contributed by atoms with Crippen molar-refractivity contribution in [1.82, 2.24) is 0 Å². The third kappa shape index (κ3) is 3.31. The summed E-state index contributed by atoms with van der Waals surface area (Å²) in [6.45, 7) is 4.18. The molecule has 3 rings (SSSR count). The first kappa shape index (κ1) is 15.4. The minimum atomic E-state index is -0.149. The molecule has 0 spiro atoms. The number of benzene rings is 2. The van der Waals surface area contributed by atoms with Crippen LogP contribution in [0.3, 0.4) is 0 Å². The predicted octanol–water partition coefficient (Wildman–Crippen LogP) is 3.86. The molecule has 0 unspecified atom stereocenters. The van der Waals surface area contributed by atoms with Gasteiger partial charge in [-0.3, -0.25) is 4.79 Å². The van der Waals surface area contributed by atoms with Crippen molar-refractivity contribution in [2.45, 2.75) is 19.8 Å². The molecule has 0 aliphatic carbocycles. The van der Waals surface area contributed by atoms with Crippen LogP contribution in [-0.2, 0) is 0 Å². The van der Waals surface area contributed by atoms with E-state index in [9.17, 15) is 4.79 Å². The number of nitrogens with one attached hydrogen (secondary N) is 1. The molecule has 0 saturated carbocycles. The molecule has 0 bridgehead atoms. The fraction of sp³-hybridized carbons (Fsp3) is 0.316. The molecule has 0 atom stereocenters. The van der Waals surface area contributed by atoms with Gasteiger partial charge in [-0.15, -0.1) is 0 Å². The van der Waals surface area contributed by atoms with Crippen molar-refractivity contribution in [2.75, 3.05) is 30.4 Å². The molecule has 4 nitrogen and oxygen atoms in total. The number of hydrogen-bond donors (Lipinski definition) is 1. The SMILES string of the molecule is COc1ccccc1C(=O)Nc1cc(N2CCCC2)ccc1C. The number of amides is 1. The van der Waals surface area contributed by atoms with Gasteiger partial charge >= 0.3 is 0 Å². The molecule has 23 heavy (non-hydrogen) atoms. The summed E-state index contributed by atoms with van der Waals surface area (Å²) in [5.41, 5.74) is 3.62. The fourth-order valence-corrected chi connectivity index (χ4v) is 2.94. The van der Waals surface area contributed by atoms with E-state index in [1.54, 1.807) is 19.2 Å². The second-order valence-corrected chi connectivity index (χ2v) is 5.85. The molecule has 0 aromatic heterocycles. The van der Waals surface area contributed by atoms with Gasteiger partial charge in [-0.1, -0.05) is 18.2 Å². The molecule has 1 heterocycles. The number of carbonyl (C=O) groups excluding carboxylic acids is 1. The lowest BCUT2D eigenvalue weighted by Gasteiger charge is -2.20. The Morgan fingerprint density at radius 3 is 2.61 bits per heavy atom. The lowest BCUT2D eigenvalue weighted by Crippen LogP contribution is -2.19. The summed E-state index contributed by atoms with van der Waals surface area (Å²) in [6, 6.07) is 13.5. The van der Waals surface area contributed by atoms with Crippen LogP contribution in [0.1, 0.15) is 28.8 Å². The van der Waals surface area contributed by atoms with Crippen molar-refractivity contribution in [3.63, 3.8) is 0 Å². The summed E-state index contributed by atoms with van der Waals surface area (Å²) in [5.74, 6) is 0.433. The Kier molecular flexibility index (Phi) is 4.51. The van der Waals surface area contributed by atoms with Gasteiger partial charge < -0.3 is 15.0 Å². The average molecular weight is 310 g/mol. The molecule has 1 aliphatic rings. The van der Waals surface area contributed by atoms with Gasteiger partial charge in [-0.2, -0.15) is 0 Å². The number of para-hydroxylation sites is 1. The molecule has 1 saturated heterocycles. The zero-order valence-corrected chi connectivity index (χ0v) is 13.6. The van der Waals surface area contributed by atoms with Gasteiger partial charge in [0.2, 0.25) is 0 Å². The van der Waals surface area contributed by atoms with Gasteiger partial charge in [0.1, 0.15) is 5.75 Å². The highest BCUT2D eigenvalue weighted by atomic mass is 16.5. The summed E-state index contributed by atoms with van der Waals surface area (Å²) in [7, 11) is 1.57. The van der Waals surface area contributed by atoms with Crippen LogP contribution in [-0.4, -0.2) is 26.1 Å². The Labute approximate surface area is 137 Å². The van der Waals surface area contributed by atoms with Gasteiger partial charge in [0, 0.05) is 24.5 Å². The van der Waals surface area contributed by atoms with Crippen molar-refractivity contribution >= 4 is 17.3 Å². The van der Waals surface area contributed by atoms with Crippen LogP contribution in [0, 0.1) is 6.92 Å². The molecule has 1 aliphatic heterocycles. The van der Waals surface area contributed by atoms with Crippen LogP contribution >= 0.6 is 0 Å². The normalized spacial score (nSPS) is 13.9. The van der Waals surface area contributed by atoms with E-state index >= 15 is 0 Å². The monoisotopic (exact) mass is 310 g/mol. The van der Waals surface area contributed by atoms with E-state index in [1.807, 2.05) is 19.1 Å². The topological polar surface area (TPSA) is 41.6 Å². The molecule has 1 N–H and O–H groups in total. The first-order chi connectivity index (χ1) is 11.2. The number of ether oxygens (including phenoxy) is 1. The Hall–Kier alpha value is -2.49. The summed E-state index contributed by atoms with van der Waals surface area (Å²) in [5, 5.41) is 3.02. The van der Waals surface area contributed by atoms with Gasteiger partial charge in [-0.05, 0) is 49.6 Å². The molecule has 2 aromatic carbocycles. The van der Waals surface area contributed by atoms with Crippen LogP contribution < -0.4 is 15.0 Å². The first-order valence-corrected chi connectivity index (χ1v) is 7.99. The largest absolute Gasteiger partial charge is 0.496 e. The van der Waals surface area contributed by atoms with E-state index in [2.05, 4.69) is 28.4 Å². The van der Waals surface area contributed by atoms with Gasteiger partial charge in [0.05, 0.1) is 12.7 Å². The van der Waals surface area contributed by atoms with Crippen molar-refractivity contribution in [2.24, 2.45) is 0 Å². The smallest absolute Gasteiger partial charge is 0.259 e. The number of nitrogens with zero attached hydrogens (tertiary/aromatic N) is 1. The number of carbonyl (C=O) groups is 1. The van der Waals surface area contributed by atoms with E-state index in [0.717, 1.165) is 24.3 Å². The van der Waals surface area contributed by atoms with E-state index in [0.29, 0.717) is 11.3 Å². The highest BCUT2D eigenvalue weighted by molar-refractivity contribution is 6.06. The molecule has 4 heteroatoms. The van der Waals surface area contributed by atoms with Gasteiger partial charge in [0.15, 0.2) is 0 Å². The van der Waals surface area contributed by atoms with Crippen molar-refractivity contribution in [1.29, 1.82) is 0 Å². The summed E-state index contributed by atoms with van der Waals surface area (Å²) >= 11 is 0. The lowest BCUT2D eigenvalue weighted by molar-refractivity contribution is 0.102. The van der Waals surface area contributed by atoms with E-state index < -0.39 is 0 Å². The lowest BCUT2D eigenvalue weighted by atomic mass is 10.1. The maximum absolute atomic E-state index is 12.6. The Balaban J connectivity index is 1.84. The molecular weight excluding hydrogens is 288 g/mol. The maximum atomic E-state index is 12.6. The summed E-state index contributed by atoms with van der Waals surface area (Å²) in [4.78, 5) is 14.9. The number of anilines is 2. The Morgan fingerprint density at radius 1 is 1.13 bits per heavy atom. The quantitative estimate of drug-likeness (QED) is 0.932. The zero-order chi connectivity index (χ0) is 16.2. The first-order valence-electron chi connectivity index (χ1n) is 7.99. The number of hydrogen-bond acceptors (Lipinski definition) is 3. The third-order valence-corrected chi connectivity index (χ3v) is 4.29. The molecule has 0 radical (unpaired) electrons. The average Bonchev–Trinajstić information content (AvgIpc) is 3.11. The van der Waals surface area contributed by atoms with E-state index in [-0.39, 0.29) is 5.91 Å². The van der Waals surface area contributed by atoms with E-state index in [4.69, 9.17) is 4.74 Å². The van der Waals surface area contributed by atoms with Crippen LogP contribution in [0.5, 0.6) is 5.75 Å². The van der Waals surface area contributed by atoms with Crippen molar-refractivity contribution in [3.8, 4) is 5.75 Å². The number of methoxy groups -OCH3 is 1. The van der Waals surface area contributed by atoms with E-state index in [1.165, 1.54) is 18.5 Å². The summed E-state index contributed by atoms with van der Waals surface area (Å²) in [6.07, 6.45) is 2.47. The van der Waals surface area contributed by atoms with Crippen molar-refractivity contribution in [3.05, 3.63) is 53.6 Å². The molecular formula is C19H22N2O2. The van der Waals surface area contributed by atoms with Gasteiger partial charge in [0.25, 0.3) is 5.91 Å². The number of rotatable bonds is 4. The van der Waals surface area contributed by atoms with Gasteiger partial charge in [-0.25, -0.2) is 0 Å². The van der Waals surface area contributed by atoms with Crippen LogP contribution in [0.15, 0.2) is 42.5 Å².